The minimum absolute atomic E-state index is 0.268. The Morgan fingerprint density at radius 3 is 2.94 bits per heavy atom. The molecular formula is C19H23N11O. The first-order valence-corrected chi connectivity index (χ1v) is 10.5. The van der Waals surface area contributed by atoms with Gasteiger partial charge in [0.2, 0.25) is 17.7 Å². The minimum atomic E-state index is 0.268. The van der Waals surface area contributed by atoms with Gasteiger partial charge in [-0.3, -0.25) is 9.58 Å². The lowest BCUT2D eigenvalue weighted by molar-refractivity contribution is 0.0868. The van der Waals surface area contributed by atoms with E-state index in [1.54, 1.807) is 31.1 Å². The van der Waals surface area contributed by atoms with Gasteiger partial charge in [0.15, 0.2) is 5.76 Å². The lowest BCUT2D eigenvalue weighted by atomic mass is 9.91. The molecule has 0 radical (unpaired) electrons. The van der Waals surface area contributed by atoms with Gasteiger partial charge in [-0.1, -0.05) is 0 Å². The average molecular weight is 421 g/mol. The molecule has 2 atom stereocenters. The van der Waals surface area contributed by atoms with Crippen LogP contribution in [0.3, 0.4) is 0 Å². The van der Waals surface area contributed by atoms with E-state index in [1.165, 1.54) is 10.9 Å². The molecule has 2 unspecified atom stereocenters. The number of fused-ring (bicyclic) bond motifs is 2. The van der Waals surface area contributed by atoms with Crippen molar-refractivity contribution in [3.63, 3.8) is 0 Å². The van der Waals surface area contributed by atoms with Crippen LogP contribution >= 0.6 is 0 Å². The number of nitrogen functional groups attached to an aromatic ring is 1. The summed E-state index contributed by atoms with van der Waals surface area (Å²) in [5, 5.41) is 8.62. The molecule has 0 spiro atoms. The van der Waals surface area contributed by atoms with Crippen LogP contribution < -0.4 is 10.6 Å². The molecule has 160 valence electrons. The highest BCUT2D eigenvalue weighted by Crippen LogP contribution is 2.28. The maximum absolute atomic E-state index is 6.17. The monoisotopic (exact) mass is 421 g/mol. The van der Waals surface area contributed by atoms with Crippen molar-refractivity contribution in [1.29, 1.82) is 0 Å². The quantitative estimate of drug-likeness (QED) is 0.498. The summed E-state index contributed by atoms with van der Waals surface area (Å²) in [4.78, 5) is 22.5. The second-order valence-electron chi connectivity index (χ2n) is 8.16. The van der Waals surface area contributed by atoms with Crippen LogP contribution in [0.1, 0.15) is 12.8 Å². The van der Waals surface area contributed by atoms with Crippen molar-refractivity contribution >= 4 is 17.7 Å². The van der Waals surface area contributed by atoms with Crippen molar-refractivity contribution in [3.05, 3.63) is 31.1 Å². The van der Waals surface area contributed by atoms with Gasteiger partial charge in [0.05, 0.1) is 6.26 Å². The van der Waals surface area contributed by atoms with E-state index in [-0.39, 0.29) is 5.95 Å². The van der Waals surface area contributed by atoms with Crippen molar-refractivity contribution in [3.8, 4) is 11.6 Å². The fraction of sp³-hybridized carbons (Fsp3) is 0.474. The third-order valence-corrected chi connectivity index (χ3v) is 6.16. The Labute approximate surface area is 177 Å². The number of furan rings is 1. The molecule has 6 heterocycles. The SMILES string of the molecule is Nc1nc(N2CCN3CC(Cn4cncn4)CCC3C2)nc2nc(-c3ccco3)nn12. The molecular weight excluding hydrogens is 398 g/mol. The van der Waals surface area contributed by atoms with Gasteiger partial charge in [-0.25, -0.2) is 4.98 Å². The van der Waals surface area contributed by atoms with Crippen molar-refractivity contribution in [2.75, 3.05) is 36.8 Å². The molecule has 2 saturated heterocycles. The smallest absolute Gasteiger partial charge is 0.259 e. The minimum Gasteiger partial charge on any atom is -0.461 e. The summed E-state index contributed by atoms with van der Waals surface area (Å²) in [6, 6.07) is 4.08. The van der Waals surface area contributed by atoms with Crippen LogP contribution in [0.25, 0.3) is 17.4 Å². The lowest BCUT2D eigenvalue weighted by Crippen LogP contribution is -2.57. The molecule has 0 amide bonds. The van der Waals surface area contributed by atoms with E-state index in [0.29, 0.717) is 35.3 Å². The van der Waals surface area contributed by atoms with Crippen molar-refractivity contribution in [2.24, 2.45) is 5.92 Å². The Bertz CT molecular complexity index is 1170. The van der Waals surface area contributed by atoms with Crippen LogP contribution in [0.4, 0.5) is 11.9 Å². The van der Waals surface area contributed by atoms with E-state index in [0.717, 1.165) is 39.1 Å². The molecule has 2 N–H and O–H groups in total. The lowest BCUT2D eigenvalue weighted by Gasteiger charge is -2.46. The van der Waals surface area contributed by atoms with E-state index >= 15 is 0 Å². The average Bonchev–Trinajstić information content (AvgIpc) is 3.54. The molecule has 2 fully saturated rings. The molecule has 2 aliphatic rings. The molecule has 0 aromatic carbocycles. The second-order valence-corrected chi connectivity index (χ2v) is 8.16. The zero-order valence-electron chi connectivity index (χ0n) is 16.9. The topological polar surface area (TPSA) is 132 Å². The molecule has 6 rings (SSSR count). The summed E-state index contributed by atoms with van der Waals surface area (Å²) in [5.74, 6) is 2.91. The number of piperidine rings is 1. The highest BCUT2D eigenvalue weighted by molar-refractivity contribution is 5.53. The molecule has 0 aliphatic carbocycles. The first-order valence-electron chi connectivity index (χ1n) is 10.5. The molecule has 2 aliphatic heterocycles. The van der Waals surface area contributed by atoms with Crippen LogP contribution in [0, 0.1) is 5.92 Å². The van der Waals surface area contributed by atoms with Gasteiger partial charge >= 0.3 is 0 Å². The highest BCUT2D eigenvalue weighted by atomic mass is 16.3. The molecule has 4 aromatic rings. The van der Waals surface area contributed by atoms with Gasteiger partial charge in [-0.15, -0.1) is 5.10 Å². The van der Waals surface area contributed by atoms with Gasteiger partial charge in [0.1, 0.15) is 12.7 Å². The van der Waals surface area contributed by atoms with Crippen molar-refractivity contribution in [1.82, 2.24) is 44.2 Å². The van der Waals surface area contributed by atoms with E-state index in [4.69, 9.17) is 10.2 Å². The van der Waals surface area contributed by atoms with Crippen LogP contribution in [-0.4, -0.2) is 76.5 Å². The van der Waals surface area contributed by atoms with Gasteiger partial charge in [0.25, 0.3) is 5.78 Å². The third kappa shape index (κ3) is 3.38. The maximum Gasteiger partial charge on any atom is 0.259 e. The van der Waals surface area contributed by atoms with E-state index in [1.807, 2.05) is 4.68 Å². The number of anilines is 2. The number of nitrogens with zero attached hydrogens (tertiary/aromatic N) is 10. The molecule has 4 aromatic heterocycles. The van der Waals surface area contributed by atoms with Gasteiger partial charge in [0, 0.05) is 38.8 Å². The second kappa shape index (κ2) is 7.30. The highest BCUT2D eigenvalue weighted by Gasteiger charge is 2.34. The molecule has 12 heteroatoms. The molecule has 31 heavy (non-hydrogen) atoms. The number of nitrogens with two attached hydrogens (primary N) is 1. The largest absolute Gasteiger partial charge is 0.461 e. The Hall–Kier alpha value is -3.54. The zero-order valence-corrected chi connectivity index (χ0v) is 16.9. The number of aromatic nitrogens is 8. The van der Waals surface area contributed by atoms with E-state index in [9.17, 15) is 0 Å². The Balaban J connectivity index is 1.18. The molecule has 0 saturated carbocycles. The fourth-order valence-electron chi connectivity index (χ4n) is 4.63. The summed E-state index contributed by atoms with van der Waals surface area (Å²) < 4.78 is 8.77. The first kappa shape index (κ1) is 18.2. The normalized spacial score (nSPS) is 22.1. The third-order valence-electron chi connectivity index (χ3n) is 6.16. The summed E-state index contributed by atoms with van der Waals surface area (Å²) in [6.45, 7) is 4.70. The Morgan fingerprint density at radius 2 is 2.10 bits per heavy atom. The zero-order chi connectivity index (χ0) is 20.8. The predicted octanol–water partition coefficient (Wildman–Crippen LogP) is 0.554. The Morgan fingerprint density at radius 1 is 1.13 bits per heavy atom. The fourth-order valence-corrected chi connectivity index (χ4v) is 4.63. The van der Waals surface area contributed by atoms with Gasteiger partial charge < -0.3 is 15.1 Å². The summed E-state index contributed by atoms with van der Waals surface area (Å²) in [5.41, 5.74) is 6.17. The van der Waals surface area contributed by atoms with Crippen LogP contribution in [0.15, 0.2) is 35.5 Å². The van der Waals surface area contributed by atoms with Gasteiger partial charge in [-0.05, 0) is 30.9 Å². The van der Waals surface area contributed by atoms with Crippen LogP contribution in [-0.2, 0) is 6.54 Å². The summed E-state index contributed by atoms with van der Waals surface area (Å²) in [6.07, 6.45) is 7.29. The summed E-state index contributed by atoms with van der Waals surface area (Å²) >= 11 is 0. The maximum atomic E-state index is 6.17. The summed E-state index contributed by atoms with van der Waals surface area (Å²) in [7, 11) is 0. The molecule has 0 bridgehead atoms. The number of hydrogen-bond acceptors (Lipinski definition) is 10. The van der Waals surface area contributed by atoms with Crippen molar-refractivity contribution < 1.29 is 4.42 Å². The number of hydrogen-bond donors (Lipinski definition) is 1. The van der Waals surface area contributed by atoms with Gasteiger partial charge in [-0.2, -0.15) is 24.6 Å². The predicted molar refractivity (Wildman–Crippen MR) is 111 cm³/mol. The molecule has 12 nitrogen and oxygen atoms in total. The van der Waals surface area contributed by atoms with Crippen LogP contribution in [0.5, 0.6) is 0 Å². The van der Waals surface area contributed by atoms with E-state index < -0.39 is 0 Å². The van der Waals surface area contributed by atoms with E-state index in [2.05, 4.69) is 39.9 Å². The standard InChI is InChI=1S/C19H23N11O/c20-17-24-18(25-19-23-16(26-30(17)19)15-2-1-7-31-15)28-6-5-27-8-13(3-4-14(27)10-28)9-29-12-21-11-22-29/h1-2,7,11-14H,3-6,8-10H2,(H2,20,23,24,25,26). The first-order chi connectivity index (χ1) is 15.2. The Kier molecular flexibility index (Phi) is 4.30. The van der Waals surface area contributed by atoms with Crippen LogP contribution in [0.2, 0.25) is 0 Å². The number of rotatable bonds is 4. The number of piperazine rings is 1. The van der Waals surface area contributed by atoms with Crippen molar-refractivity contribution in [2.45, 2.75) is 25.4 Å².